The molecule has 0 bridgehead atoms. The number of hydrogen-bond acceptors (Lipinski definition) is 2. The van der Waals surface area contributed by atoms with Crippen molar-refractivity contribution in [2.75, 3.05) is 12.8 Å². The Balaban J connectivity index is 1.55. The molecule has 1 nitrogen and oxygen atoms in total. The van der Waals surface area contributed by atoms with E-state index in [0.717, 1.165) is 11.8 Å². The Morgan fingerprint density at radius 1 is 1.05 bits per heavy atom. The summed E-state index contributed by atoms with van der Waals surface area (Å²) in [7, 11) is 2.14. The van der Waals surface area contributed by atoms with E-state index in [-0.39, 0.29) is 0 Å². The van der Waals surface area contributed by atoms with E-state index in [1.807, 2.05) is 11.8 Å². The molecule has 1 saturated carbocycles. The standard InChI is InChI=1S/C19H21NS/c1-20-19(16-11-15(16)13-7-3-2-4-8-13)17-12-21-18-10-6-5-9-14(17)18/h2-10,15-17,19-20H,11-12H2,1H3. The second kappa shape index (κ2) is 5.51. The highest BCUT2D eigenvalue weighted by molar-refractivity contribution is 7.99. The van der Waals surface area contributed by atoms with Gasteiger partial charge in [-0.3, -0.25) is 0 Å². The molecule has 4 atom stereocenters. The van der Waals surface area contributed by atoms with E-state index < -0.39 is 0 Å². The first kappa shape index (κ1) is 13.4. The lowest BCUT2D eigenvalue weighted by Gasteiger charge is -2.24. The Morgan fingerprint density at radius 2 is 1.81 bits per heavy atom. The number of nitrogens with one attached hydrogen (secondary N) is 1. The van der Waals surface area contributed by atoms with Crippen LogP contribution in [-0.4, -0.2) is 18.8 Å². The maximum atomic E-state index is 3.63. The van der Waals surface area contributed by atoms with E-state index in [0.29, 0.717) is 12.0 Å². The van der Waals surface area contributed by atoms with Gasteiger partial charge in [-0.05, 0) is 42.5 Å². The number of thioether (sulfide) groups is 1. The van der Waals surface area contributed by atoms with E-state index in [4.69, 9.17) is 0 Å². The van der Waals surface area contributed by atoms with Gasteiger partial charge in [-0.1, -0.05) is 48.5 Å². The summed E-state index contributed by atoms with van der Waals surface area (Å²) in [6.45, 7) is 0. The summed E-state index contributed by atoms with van der Waals surface area (Å²) in [5, 5.41) is 3.63. The Labute approximate surface area is 131 Å². The van der Waals surface area contributed by atoms with Crippen molar-refractivity contribution < 1.29 is 0 Å². The van der Waals surface area contributed by atoms with E-state index >= 15 is 0 Å². The number of likely N-dealkylation sites (N-methyl/N-ethyl adjacent to an activating group) is 1. The highest BCUT2D eigenvalue weighted by Gasteiger charge is 2.47. The van der Waals surface area contributed by atoms with Crippen molar-refractivity contribution >= 4 is 11.8 Å². The van der Waals surface area contributed by atoms with Gasteiger partial charge in [0.05, 0.1) is 0 Å². The van der Waals surface area contributed by atoms with Gasteiger partial charge in [0.2, 0.25) is 0 Å². The normalized spacial score (nSPS) is 28.1. The highest BCUT2D eigenvalue weighted by atomic mass is 32.2. The molecule has 1 fully saturated rings. The molecule has 4 rings (SSSR count). The summed E-state index contributed by atoms with van der Waals surface area (Å²) in [6.07, 6.45) is 1.33. The van der Waals surface area contributed by atoms with Crippen molar-refractivity contribution in [3.63, 3.8) is 0 Å². The zero-order valence-electron chi connectivity index (χ0n) is 12.3. The first-order valence-corrected chi connectivity index (χ1v) is 8.81. The lowest BCUT2D eigenvalue weighted by Crippen LogP contribution is -2.34. The van der Waals surface area contributed by atoms with Crippen LogP contribution >= 0.6 is 11.8 Å². The molecule has 0 spiro atoms. The molecule has 0 radical (unpaired) electrons. The van der Waals surface area contributed by atoms with E-state index in [1.54, 1.807) is 5.56 Å². The Morgan fingerprint density at radius 3 is 2.62 bits per heavy atom. The molecule has 0 aromatic heterocycles. The maximum Gasteiger partial charge on any atom is 0.0176 e. The fourth-order valence-electron chi connectivity index (χ4n) is 3.89. The fourth-order valence-corrected chi connectivity index (χ4v) is 5.20. The first-order valence-electron chi connectivity index (χ1n) is 7.82. The predicted octanol–water partition coefficient (Wildman–Crippen LogP) is 4.27. The summed E-state index contributed by atoms with van der Waals surface area (Å²) >= 11 is 2.02. The van der Waals surface area contributed by atoms with Crippen molar-refractivity contribution in [1.82, 2.24) is 5.32 Å². The smallest absolute Gasteiger partial charge is 0.0176 e. The molecule has 1 heterocycles. The minimum atomic E-state index is 0.603. The third-order valence-corrected chi connectivity index (χ3v) is 6.24. The Hall–Kier alpha value is -1.25. The minimum absolute atomic E-state index is 0.603. The van der Waals surface area contributed by atoms with Gasteiger partial charge in [0.25, 0.3) is 0 Å². The molecular formula is C19H21NS. The molecule has 1 aliphatic carbocycles. The lowest BCUT2D eigenvalue weighted by molar-refractivity contribution is 0.435. The van der Waals surface area contributed by atoms with Gasteiger partial charge in [0, 0.05) is 22.6 Å². The van der Waals surface area contributed by atoms with Crippen LogP contribution in [0.3, 0.4) is 0 Å². The van der Waals surface area contributed by atoms with Crippen LogP contribution in [-0.2, 0) is 0 Å². The Bertz CT molecular complexity index is 624. The second-order valence-electron chi connectivity index (χ2n) is 6.19. The average molecular weight is 295 g/mol. The molecule has 1 N–H and O–H groups in total. The van der Waals surface area contributed by atoms with Crippen LogP contribution in [0.2, 0.25) is 0 Å². The minimum Gasteiger partial charge on any atom is -0.316 e. The molecule has 0 amide bonds. The molecule has 21 heavy (non-hydrogen) atoms. The molecule has 108 valence electrons. The summed E-state index contributed by atoms with van der Waals surface area (Å²) in [5.74, 6) is 3.42. The van der Waals surface area contributed by atoms with Crippen LogP contribution in [0.15, 0.2) is 59.5 Å². The van der Waals surface area contributed by atoms with Crippen LogP contribution in [0.5, 0.6) is 0 Å². The van der Waals surface area contributed by atoms with Crippen LogP contribution in [0.25, 0.3) is 0 Å². The van der Waals surface area contributed by atoms with Crippen LogP contribution in [0, 0.1) is 5.92 Å². The van der Waals surface area contributed by atoms with Gasteiger partial charge in [-0.2, -0.15) is 0 Å². The van der Waals surface area contributed by atoms with Crippen LogP contribution in [0.4, 0.5) is 0 Å². The largest absolute Gasteiger partial charge is 0.316 e. The molecule has 2 aliphatic rings. The zero-order chi connectivity index (χ0) is 14.2. The molecule has 0 saturated heterocycles. The first-order chi connectivity index (χ1) is 10.4. The fraction of sp³-hybridized carbons (Fsp3) is 0.368. The van der Waals surface area contributed by atoms with E-state index in [9.17, 15) is 0 Å². The SMILES string of the molecule is CNC(C1CSc2ccccc21)C1CC1c1ccccc1. The van der Waals surface area contributed by atoms with Crippen molar-refractivity contribution in [3.8, 4) is 0 Å². The Kier molecular flexibility index (Phi) is 3.52. The summed E-state index contributed by atoms with van der Waals surface area (Å²) in [4.78, 5) is 1.49. The van der Waals surface area contributed by atoms with Gasteiger partial charge in [0.1, 0.15) is 0 Å². The second-order valence-corrected chi connectivity index (χ2v) is 7.25. The van der Waals surface area contributed by atoms with Crippen LogP contribution < -0.4 is 5.32 Å². The van der Waals surface area contributed by atoms with Crippen molar-refractivity contribution in [1.29, 1.82) is 0 Å². The molecule has 2 aromatic carbocycles. The highest BCUT2D eigenvalue weighted by Crippen LogP contribution is 2.54. The van der Waals surface area contributed by atoms with Crippen LogP contribution in [0.1, 0.15) is 29.4 Å². The summed E-state index contributed by atoms with van der Waals surface area (Å²) < 4.78 is 0. The van der Waals surface area contributed by atoms with Crippen molar-refractivity contribution in [3.05, 3.63) is 65.7 Å². The third-order valence-electron chi connectivity index (χ3n) is 5.03. The van der Waals surface area contributed by atoms with Gasteiger partial charge in [-0.15, -0.1) is 11.8 Å². The van der Waals surface area contributed by atoms with E-state index in [1.165, 1.54) is 22.6 Å². The number of hydrogen-bond donors (Lipinski definition) is 1. The molecule has 2 heteroatoms. The van der Waals surface area contributed by atoms with Crippen molar-refractivity contribution in [2.24, 2.45) is 5.92 Å². The maximum absolute atomic E-state index is 3.63. The topological polar surface area (TPSA) is 12.0 Å². The van der Waals surface area contributed by atoms with Gasteiger partial charge in [-0.25, -0.2) is 0 Å². The summed E-state index contributed by atoms with van der Waals surface area (Å²) in [6, 6.07) is 20.6. The predicted molar refractivity (Wildman–Crippen MR) is 90.0 cm³/mol. The average Bonchev–Trinajstić information content (AvgIpc) is 3.22. The summed E-state index contributed by atoms with van der Waals surface area (Å²) in [5.41, 5.74) is 3.07. The number of fused-ring (bicyclic) bond motifs is 1. The van der Waals surface area contributed by atoms with Crippen molar-refractivity contribution in [2.45, 2.75) is 29.2 Å². The molecular weight excluding hydrogens is 274 g/mol. The molecule has 4 unspecified atom stereocenters. The van der Waals surface area contributed by atoms with E-state index in [2.05, 4.69) is 67.0 Å². The number of benzene rings is 2. The quantitative estimate of drug-likeness (QED) is 0.904. The number of rotatable bonds is 4. The van der Waals surface area contributed by atoms with Gasteiger partial charge in [0.15, 0.2) is 0 Å². The van der Waals surface area contributed by atoms with Gasteiger partial charge < -0.3 is 5.32 Å². The lowest BCUT2D eigenvalue weighted by atomic mass is 9.89. The molecule has 1 aliphatic heterocycles. The van der Waals surface area contributed by atoms with Gasteiger partial charge >= 0.3 is 0 Å². The third kappa shape index (κ3) is 2.41. The zero-order valence-corrected chi connectivity index (χ0v) is 13.1. The molecule has 2 aromatic rings. The monoisotopic (exact) mass is 295 g/mol.